The molecule has 0 spiro atoms. The topological polar surface area (TPSA) is 46.4 Å². The molecule has 3 heterocycles. The van der Waals surface area contributed by atoms with Crippen LogP contribution in [0, 0.1) is 0 Å². The minimum Gasteiger partial charge on any atom is -0.345 e. The molecule has 0 fully saturated rings. The number of imidazole rings is 1. The number of fused-ring (bicyclic) bond motifs is 3. The Balaban J connectivity index is 1.58. The number of nitrogens with zero attached hydrogens (tertiary/aromatic N) is 2. The van der Waals surface area contributed by atoms with E-state index in [4.69, 9.17) is 0 Å². The van der Waals surface area contributed by atoms with E-state index < -0.39 is 0 Å². The van der Waals surface area contributed by atoms with Gasteiger partial charge in [-0.05, 0) is 30.7 Å². The maximum Gasteiger partial charge on any atom is 0.261 e. The second kappa shape index (κ2) is 5.74. The number of thiazole rings is 1. The quantitative estimate of drug-likeness (QED) is 0.528. The molecule has 0 aliphatic heterocycles. The number of carbonyl (C=O) groups is 1. The van der Waals surface area contributed by atoms with Gasteiger partial charge in [0.25, 0.3) is 5.91 Å². The highest BCUT2D eigenvalue weighted by Crippen LogP contribution is 2.28. The Hall–Kier alpha value is -1.70. The van der Waals surface area contributed by atoms with Gasteiger partial charge in [-0.1, -0.05) is 28.1 Å². The molecule has 4 rings (SSSR count). The smallest absolute Gasteiger partial charge is 0.261 e. The number of hydrogen-bond donors (Lipinski definition) is 1. The number of halogens is 1. The Labute approximate surface area is 148 Å². The lowest BCUT2D eigenvalue weighted by atomic mass is 10.1. The van der Waals surface area contributed by atoms with Crippen molar-refractivity contribution in [2.75, 3.05) is 0 Å². The van der Waals surface area contributed by atoms with E-state index >= 15 is 0 Å². The highest BCUT2D eigenvalue weighted by atomic mass is 79.9. The maximum atomic E-state index is 12.5. The molecule has 0 aliphatic rings. The van der Waals surface area contributed by atoms with Gasteiger partial charge in [-0.25, -0.2) is 4.98 Å². The number of hydrogen-bond acceptors (Lipinski definition) is 4. The molecule has 0 radical (unpaired) electrons. The number of benzene rings is 1. The summed E-state index contributed by atoms with van der Waals surface area (Å²) < 4.78 is 3.05. The van der Waals surface area contributed by atoms with E-state index in [9.17, 15) is 4.79 Å². The van der Waals surface area contributed by atoms with Gasteiger partial charge >= 0.3 is 0 Å². The van der Waals surface area contributed by atoms with Gasteiger partial charge in [0.1, 0.15) is 4.83 Å². The van der Waals surface area contributed by atoms with Crippen LogP contribution >= 0.6 is 38.6 Å². The van der Waals surface area contributed by atoms with Crippen LogP contribution in [0.3, 0.4) is 0 Å². The molecule has 0 bridgehead atoms. The second-order valence-electron chi connectivity index (χ2n) is 5.22. The summed E-state index contributed by atoms with van der Waals surface area (Å²) in [7, 11) is 0. The highest BCUT2D eigenvalue weighted by Gasteiger charge is 2.17. The van der Waals surface area contributed by atoms with E-state index in [1.54, 1.807) is 11.3 Å². The van der Waals surface area contributed by atoms with Crippen LogP contribution in [-0.4, -0.2) is 15.3 Å². The summed E-state index contributed by atoms with van der Waals surface area (Å²) in [5.41, 5.74) is 2.07. The third kappa shape index (κ3) is 2.69. The predicted octanol–water partition coefficient (Wildman–Crippen LogP) is 4.86. The lowest BCUT2D eigenvalue weighted by Gasteiger charge is -2.13. The van der Waals surface area contributed by atoms with Gasteiger partial charge in [0.15, 0.2) is 4.96 Å². The van der Waals surface area contributed by atoms with E-state index in [2.05, 4.69) is 26.2 Å². The first kappa shape index (κ1) is 14.9. The fourth-order valence-electron chi connectivity index (χ4n) is 2.46. The Kier molecular flexibility index (Phi) is 3.71. The first-order valence-electron chi connectivity index (χ1n) is 7.03. The highest BCUT2D eigenvalue weighted by molar-refractivity contribution is 9.10. The molecular weight excluding hydrogens is 394 g/mol. The van der Waals surface area contributed by atoms with E-state index in [-0.39, 0.29) is 11.9 Å². The van der Waals surface area contributed by atoms with Crippen LogP contribution in [0.1, 0.15) is 28.2 Å². The normalized spacial score (nSPS) is 12.8. The van der Waals surface area contributed by atoms with Crippen LogP contribution < -0.4 is 5.32 Å². The van der Waals surface area contributed by atoms with Crippen molar-refractivity contribution in [1.29, 1.82) is 0 Å². The van der Waals surface area contributed by atoms with Crippen molar-refractivity contribution in [3.05, 3.63) is 56.8 Å². The van der Waals surface area contributed by atoms with Crippen LogP contribution in [0.15, 0.2) is 46.4 Å². The summed E-state index contributed by atoms with van der Waals surface area (Å²) in [4.78, 5) is 19.6. The van der Waals surface area contributed by atoms with Gasteiger partial charge in [-0.3, -0.25) is 9.20 Å². The minimum atomic E-state index is -0.0626. The van der Waals surface area contributed by atoms with Gasteiger partial charge in [0, 0.05) is 16.0 Å². The summed E-state index contributed by atoms with van der Waals surface area (Å²) in [5.74, 6) is -0.0626. The second-order valence-corrected chi connectivity index (χ2v) is 8.03. The zero-order valence-electron chi connectivity index (χ0n) is 12.1. The van der Waals surface area contributed by atoms with Crippen molar-refractivity contribution >= 4 is 59.8 Å². The van der Waals surface area contributed by atoms with E-state index in [1.807, 2.05) is 53.2 Å². The number of aromatic nitrogens is 2. The first-order chi connectivity index (χ1) is 11.1. The summed E-state index contributed by atoms with van der Waals surface area (Å²) in [6, 6.07) is 9.83. The van der Waals surface area contributed by atoms with Crippen molar-refractivity contribution < 1.29 is 4.79 Å². The fraction of sp³-hybridized carbons (Fsp3) is 0.125. The molecule has 23 heavy (non-hydrogen) atoms. The van der Waals surface area contributed by atoms with Crippen LogP contribution in [0.5, 0.6) is 0 Å². The Morgan fingerprint density at radius 1 is 1.35 bits per heavy atom. The molecule has 4 aromatic rings. The van der Waals surface area contributed by atoms with E-state index in [0.29, 0.717) is 4.88 Å². The fourth-order valence-corrected chi connectivity index (χ4v) is 4.43. The minimum absolute atomic E-state index is 0.0474. The van der Waals surface area contributed by atoms with Gasteiger partial charge in [-0.15, -0.1) is 22.7 Å². The summed E-state index contributed by atoms with van der Waals surface area (Å²) >= 11 is 6.45. The van der Waals surface area contributed by atoms with Crippen LogP contribution in [-0.2, 0) is 0 Å². The number of nitrogens with one attached hydrogen (secondary N) is 1. The molecule has 1 unspecified atom stereocenters. The van der Waals surface area contributed by atoms with Crippen LogP contribution in [0.4, 0.5) is 0 Å². The molecule has 116 valence electrons. The predicted molar refractivity (Wildman–Crippen MR) is 98.5 cm³/mol. The first-order valence-corrected chi connectivity index (χ1v) is 9.52. The molecule has 1 amide bonds. The van der Waals surface area contributed by atoms with Gasteiger partial charge in [0.2, 0.25) is 0 Å². The van der Waals surface area contributed by atoms with Crippen molar-refractivity contribution in [2.24, 2.45) is 0 Å². The average Bonchev–Trinajstić information content (AvgIpc) is 3.19. The van der Waals surface area contributed by atoms with Crippen molar-refractivity contribution in [1.82, 2.24) is 14.7 Å². The molecule has 4 nitrogen and oxygen atoms in total. The molecule has 7 heteroatoms. The number of carbonyl (C=O) groups excluding carboxylic acids is 1. The van der Waals surface area contributed by atoms with Crippen molar-refractivity contribution in [3.8, 4) is 0 Å². The molecule has 0 saturated carbocycles. The Morgan fingerprint density at radius 3 is 2.91 bits per heavy atom. The SMILES string of the molecule is CC(NC(=O)c1cc2c(nc3sccn32)s1)c1ccc(Br)cc1. The third-order valence-corrected chi connectivity index (χ3v) is 5.98. The Bertz CT molecular complexity index is 1000. The number of amides is 1. The molecule has 1 aromatic carbocycles. The van der Waals surface area contributed by atoms with E-state index in [1.165, 1.54) is 11.3 Å². The lowest BCUT2D eigenvalue weighted by molar-refractivity contribution is 0.0944. The van der Waals surface area contributed by atoms with Gasteiger partial charge in [-0.2, -0.15) is 0 Å². The average molecular weight is 406 g/mol. The monoisotopic (exact) mass is 405 g/mol. The third-order valence-electron chi connectivity index (χ3n) is 3.68. The molecular formula is C16H12BrN3OS2. The van der Waals surface area contributed by atoms with Crippen molar-refractivity contribution in [3.63, 3.8) is 0 Å². The maximum absolute atomic E-state index is 12.5. The zero-order valence-corrected chi connectivity index (χ0v) is 15.3. The largest absolute Gasteiger partial charge is 0.345 e. The number of rotatable bonds is 3. The summed E-state index contributed by atoms with van der Waals surface area (Å²) in [6.07, 6.45) is 1.98. The molecule has 0 aliphatic carbocycles. The van der Waals surface area contributed by atoms with Gasteiger partial charge in [0.05, 0.1) is 16.4 Å². The van der Waals surface area contributed by atoms with Crippen LogP contribution in [0.2, 0.25) is 0 Å². The molecule has 3 aromatic heterocycles. The number of thiophene rings is 1. The lowest BCUT2D eigenvalue weighted by Crippen LogP contribution is -2.25. The molecule has 0 saturated heterocycles. The van der Waals surface area contributed by atoms with Gasteiger partial charge < -0.3 is 5.32 Å². The standard InChI is InChI=1S/C16H12BrN3OS2/c1-9(10-2-4-11(17)5-3-10)18-14(21)13-8-12-15(23-13)19-16-20(12)6-7-22-16/h2-9H,1H3,(H,18,21). The zero-order chi connectivity index (χ0) is 16.0. The Morgan fingerprint density at radius 2 is 2.13 bits per heavy atom. The van der Waals surface area contributed by atoms with Crippen LogP contribution in [0.25, 0.3) is 15.3 Å². The van der Waals surface area contributed by atoms with E-state index in [0.717, 1.165) is 25.3 Å². The molecule has 1 N–H and O–H groups in total. The molecule has 1 atom stereocenters. The summed E-state index contributed by atoms with van der Waals surface area (Å²) in [6.45, 7) is 1.98. The van der Waals surface area contributed by atoms with Crippen molar-refractivity contribution in [2.45, 2.75) is 13.0 Å². The summed E-state index contributed by atoms with van der Waals surface area (Å²) in [5, 5.41) is 5.04.